The molecule has 0 saturated carbocycles. The summed E-state index contributed by atoms with van der Waals surface area (Å²) in [6.45, 7) is 0.509. The second-order valence-corrected chi connectivity index (χ2v) is 6.13. The van der Waals surface area contributed by atoms with Crippen molar-refractivity contribution < 1.29 is 14.7 Å². The van der Waals surface area contributed by atoms with Gasteiger partial charge in [0.05, 0.1) is 6.42 Å². The second kappa shape index (κ2) is 7.43. The molecular formula is C15H16ClNO3S. The van der Waals surface area contributed by atoms with Crippen molar-refractivity contribution in [3.63, 3.8) is 0 Å². The van der Waals surface area contributed by atoms with E-state index in [1.165, 1.54) is 0 Å². The van der Waals surface area contributed by atoms with Crippen molar-refractivity contribution in [2.24, 2.45) is 0 Å². The molecule has 0 aliphatic rings. The van der Waals surface area contributed by atoms with E-state index in [-0.39, 0.29) is 12.3 Å². The highest BCUT2D eigenvalue weighted by Gasteiger charge is 2.09. The largest absolute Gasteiger partial charge is 0.481 e. The summed E-state index contributed by atoms with van der Waals surface area (Å²) in [6.07, 6.45) is 1.71. The number of aliphatic carboxylic acids is 1. The van der Waals surface area contributed by atoms with Crippen LogP contribution in [0.2, 0.25) is 5.02 Å². The van der Waals surface area contributed by atoms with Crippen molar-refractivity contribution in [2.45, 2.75) is 25.7 Å². The van der Waals surface area contributed by atoms with Crippen LogP contribution in [0.3, 0.4) is 0 Å². The van der Waals surface area contributed by atoms with Crippen LogP contribution in [0.5, 0.6) is 0 Å². The molecule has 0 unspecified atom stereocenters. The number of fused-ring (bicyclic) bond motifs is 1. The Morgan fingerprint density at radius 3 is 2.86 bits per heavy atom. The molecule has 2 aromatic rings. The van der Waals surface area contributed by atoms with Crippen LogP contribution < -0.4 is 5.32 Å². The summed E-state index contributed by atoms with van der Waals surface area (Å²) < 4.78 is 1.11. The first kappa shape index (κ1) is 15.8. The topological polar surface area (TPSA) is 66.4 Å². The van der Waals surface area contributed by atoms with Crippen molar-refractivity contribution in [3.05, 3.63) is 34.2 Å². The lowest BCUT2D eigenvalue weighted by atomic mass is 10.1. The number of amides is 1. The predicted octanol–water partition coefficient (Wildman–Crippen LogP) is 3.47. The zero-order chi connectivity index (χ0) is 15.2. The molecule has 0 saturated heterocycles. The molecule has 1 heterocycles. The van der Waals surface area contributed by atoms with Gasteiger partial charge >= 0.3 is 5.97 Å². The van der Waals surface area contributed by atoms with E-state index in [9.17, 15) is 9.59 Å². The number of carbonyl (C=O) groups excluding carboxylic acids is 1. The Morgan fingerprint density at radius 2 is 2.10 bits per heavy atom. The van der Waals surface area contributed by atoms with Gasteiger partial charge in [-0.3, -0.25) is 9.59 Å². The number of benzene rings is 1. The molecule has 4 nitrogen and oxygen atoms in total. The number of carboxylic acid groups (broad SMARTS) is 1. The maximum atomic E-state index is 11.9. The molecule has 1 aromatic heterocycles. The van der Waals surface area contributed by atoms with Gasteiger partial charge in [-0.2, -0.15) is 0 Å². The van der Waals surface area contributed by atoms with Gasteiger partial charge in [0, 0.05) is 22.7 Å². The third-order valence-corrected chi connectivity index (χ3v) is 4.35. The highest BCUT2D eigenvalue weighted by molar-refractivity contribution is 7.17. The van der Waals surface area contributed by atoms with Crippen LogP contribution in [0.15, 0.2) is 23.6 Å². The van der Waals surface area contributed by atoms with Gasteiger partial charge in [-0.25, -0.2) is 0 Å². The van der Waals surface area contributed by atoms with Crippen molar-refractivity contribution in [2.75, 3.05) is 6.54 Å². The van der Waals surface area contributed by atoms with Crippen LogP contribution >= 0.6 is 22.9 Å². The molecule has 0 spiro atoms. The van der Waals surface area contributed by atoms with Gasteiger partial charge < -0.3 is 10.4 Å². The molecule has 2 rings (SSSR count). The van der Waals surface area contributed by atoms with Gasteiger partial charge in [-0.15, -0.1) is 11.3 Å². The van der Waals surface area contributed by atoms with E-state index in [1.54, 1.807) is 11.3 Å². The minimum absolute atomic E-state index is 0.0509. The van der Waals surface area contributed by atoms with Crippen LogP contribution in [0, 0.1) is 0 Å². The van der Waals surface area contributed by atoms with Gasteiger partial charge in [-0.1, -0.05) is 11.6 Å². The SMILES string of the molecule is O=C(O)CCCCNC(=O)Cc1csc2ccc(Cl)cc12. The van der Waals surface area contributed by atoms with Gasteiger partial charge in [0.25, 0.3) is 0 Å². The summed E-state index contributed by atoms with van der Waals surface area (Å²) in [6, 6.07) is 5.67. The van der Waals surface area contributed by atoms with Crippen LogP contribution in [-0.4, -0.2) is 23.5 Å². The zero-order valence-corrected chi connectivity index (χ0v) is 13.0. The molecule has 0 aliphatic heterocycles. The highest BCUT2D eigenvalue weighted by atomic mass is 35.5. The molecule has 1 aromatic carbocycles. The smallest absolute Gasteiger partial charge is 0.303 e. The van der Waals surface area contributed by atoms with E-state index in [2.05, 4.69) is 5.32 Å². The van der Waals surface area contributed by atoms with E-state index in [1.807, 2.05) is 23.6 Å². The maximum absolute atomic E-state index is 11.9. The van der Waals surface area contributed by atoms with Crippen molar-refractivity contribution in [1.29, 1.82) is 0 Å². The first-order valence-electron chi connectivity index (χ1n) is 6.70. The number of rotatable bonds is 7. The van der Waals surface area contributed by atoms with E-state index in [4.69, 9.17) is 16.7 Å². The molecule has 1 amide bonds. The third-order valence-electron chi connectivity index (χ3n) is 3.11. The average Bonchev–Trinajstić information content (AvgIpc) is 2.80. The van der Waals surface area contributed by atoms with Crippen LogP contribution in [0.1, 0.15) is 24.8 Å². The number of carboxylic acids is 1. The van der Waals surface area contributed by atoms with Crippen LogP contribution in [0.4, 0.5) is 0 Å². The third kappa shape index (κ3) is 4.72. The van der Waals surface area contributed by atoms with Crippen molar-refractivity contribution in [3.8, 4) is 0 Å². The summed E-state index contributed by atoms with van der Waals surface area (Å²) >= 11 is 7.58. The van der Waals surface area contributed by atoms with E-state index >= 15 is 0 Å². The molecule has 2 N–H and O–H groups in total. The minimum Gasteiger partial charge on any atom is -0.481 e. The molecule has 0 radical (unpaired) electrons. The first-order valence-corrected chi connectivity index (χ1v) is 7.96. The summed E-state index contributed by atoms with van der Waals surface area (Å²) in [4.78, 5) is 22.2. The maximum Gasteiger partial charge on any atom is 0.303 e. The van der Waals surface area contributed by atoms with Crippen molar-refractivity contribution >= 4 is 44.9 Å². The number of thiophene rings is 1. The van der Waals surface area contributed by atoms with Gasteiger partial charge in [0.1, 0.15) is 0 Å². The lowest BCUT2D eigenvalue weighted by Crippen LogP contribution is -2.26. The number of nitrogens with one attached hydrogen (secondary N) is 1. The molecule has 0 atom stereocenters. The summed E-state index contributed by atoms with van der Waals surface area (Å²) in [5, 5.41) is 15.0. The fourth-order valence-corrected chi connectivity index (χ4v) is 3.17. The number of hydrogen-bond acceptors (Lipinski definition) is 3. The molecular weight excluding hydrogens is 310 g/mol. The first-order chi connectivity index (χ1) is 10.1. The molecule has 0 fully saturated rings. The van der Waals surface area contributed by atoms with Crippen LogP contribution in [-0.2, 0) is 16.0 Å². The Bertz CT molecular complexity index is 653. The van der Waals surface area contributed by atoms with E-state index in [0.717, 1.165) is 15.6 Å². The van der Waals surface area contributed by atoms with Gasteiger partial charge in [0.15, 0.2) is 0 Å². The quantitative estimate of drug-likeness (QED) is 0.766. The minimum atomic E-state index is -0.803. The molecule has 0 bridgehead atoms. The van der Waals surface area contributed by atoms with Crippen molar-refractivity contribution in [1.82, 2.24) is 5.32 Å². The number of halogens is 1. The van der Waals surface area contributed by atoms with E-state index < -0.39 is 5.97 Å². The molecule has 112 valence electrons. The Balaban J connectivity index is 1.84. The Kier molecular flexibility index (Phi) is 5.59. The number of hydrogen-bond donors (Lipinski definition) is 2. The molecule has 21 heavy (non-hydrogen) atoms. The monoisotopic (exact) mass is 325 g/mol. The lowest BCUT2D eigenvalue weighted by molar-refractivity contribution is -0.137. The molecule has 0 aliphatic carbocycles. The second-order valence-electron chi connectivity index (χ2n) is 4.78. The summed E-state index contributed by atoms with van der Waals surface area (Å²) in [7, 11) is 0. The van der Waals surface area contributed by atoms with E-state index in [0.29, 0.717) is 30.8 Å². The summed E-state index contributed by atoms with van der Waals surface area (Å²) in [5.74, 6) is -0.854. The standard InChI is InChI=1S/C15H16ClNO3S/c16-11-4-5-13-12(8-11)10(9-21-13)7-14(18)17-6-2-1-3-15(19)20/h4-5,8-9H,1-3,6-7H2,(H,17,18)(H,19,20). The zero-order valence-electron chi connectivity index (χ0n) is 11.4. The fraction of sp³-hybridized carbons (Fsp3) is 0.333. The van der Waals surface area contributed by atoms with Gasteiger partial charge in [-0.05, 0) is 47.4 Å². The van der Waals surface area contributed by atoms with Gasteiger partial charge in [0.2, 0.25) is 5.91 Å². The lowest BCUT2D eigenvalue weighted by Gasteiger charge is -2.04. The molecule has 6 heteroatoms. The number of carbonyl (C=O) groups is 2. The normalized spacial score (nSPS) is 10.7. The predicted molar refractivity (Wildman–Crippen MR) is 85.0 cm³/mol. The Morgan fingerprint density at radius 1 is 1.29 bits per heavy atom. The Hall–Kier alpha value is -1.59. The highest BCUT2D eigenvalue weighted by Crippen LogP contribution is 2.28. The number of unbranched alkanes of at least 4 members (excludes halogenated alkanes) is 1. The average molecular weight is 326 g/mol. The fourth-order valence-electron chi connectivity index (χ4n) is 2.06. The summed E-state index contributed by atoms with van der Waals surface area (Å²) in [5.41, 5.74) is 0.973. The Labute approximate surface area is 131 Å². The van der Waals surface area contributed by atoms with Crippen LogP contribution in [0.25, 0.3) is 10.1 Å².